The lowest BCUT2D eigenvalue weighted by Crippen LogP contribution is -2.03. The van der Waals surface area contributed by atoms with Gasteiger partial charge in [0.15, 0.2) is 5.78 Å². The fourth-order valence-corrected chi connectivity index (χ4v) is 1.92. The number of rotatable bonds is 5. The van der Waals surface area contributed by atoms with Gasteiger partial charge < -0.3 is 0 Å². The molecule has 0 aliphatic carbocycles. The molecular formula is C15H12FNO3. The molecule has 0 saturated heterocycles. The highest BCUT2D eigenvalue weighted by molar-refractivity contribution is 5.96. The molecule has 0 aromatic heterocycles. The topological polar surface area (TPSA) is 60.2 Å². The molecule has 0 aliphatic heterocycles. The Morgan fingerprint density at radius 2 is 1.80 bits per heavy atom. The van der Waals surface area contributed by atoms with Crippen molar-refractivity contribution < 1.29 is 14.1 Å². The minimum Gasteiger partial charge on any atom is -0.294 e. The van der Waals surface area contributed by atoms with E-state index >= 15 is 0 Å². The molecule has 0 heterocycles. The minimum absolute atomic E-state index is 0.113. The number of ketones is 1. The summed E-state index contributed by atoms with van der Waals surface area (Å²) in [5.74, 6) is -0.977. The van der Waals surface area contributed by atoms with E-state index in [0.717, 1.165) is 6.07 Å². The maximum atomic E-state index is 13.8. The number of aryl methyl sites for hydroxylation is 1. The average Bonchev–Trinajstić information content (AvgIpc) is 2.46. The standard InChI is InChI=1S/C15H12FNO3/c16-15-12(7-4-8-13(15)17(19)20)9-10-14(18)11-5-2-1-3-6-11/h1-8H,9-10H2. The number of carbonyl (C=O) groups excluding carboxylic acids is 1. The maximum absolute atomic E-state index is 13.8. The molecule has 0 fully saturated rings. The lowest BCUT2D eigenvalue weighted by Gasteiger charge is -2.03. The Labute approximate surface area is 115 Å². The van der Waals surface area contributed by atoms with Gasteiger partial charge in [0.2, 0.25) is 5.82 Å². The Morgan fingerprint density at radius 3 is 2.45 bits per heavy atom. The summed E-state index contributed by atoms with van der Waals surface area (Å²) in [6.45, 7) is 0. The van der Waals surface area contributed by atoms with Crippen molar-refractivity contribution in [2.45, 2.75) is 12.8 Å². The predicted octanol–water partition coefficient (Wildman–Crippen LogP) is 3.55. The second-order valence-corrected chi connectivity index (χ2v) is 4.30. The van der Waals surface area contributed by atoms with Crippen molar-refractivity contribution in [2.75, 3.05) is 0 Å². The van der Waals surface area contributed by atoms with Crippen LogP contribution >= 0.6 is 0 Å². The Hall–Kier alpha value is -2.56. The molecule has 0 saturated carbocycles. The van der Waals surface area contributed by atoms with E-state index in [4.69, 9.17) is 0 Å². The number of nitro benzene ring substituents is 1. The smallest absolute Gasteiger partial charge is 0.294 e. The van der Waals surface area contributed by atoms with Gasteiger partial charge in [-0.1, -0.05) is 42.5 Å². The number of benzene rings is 2. The van der Waals surface area contributed by atoms with Crippen LogP contribution in [0.2, 0.25) is 0 Å². The quantitative estimate of drug-likeness (QED) is 0.475. The molecule has 0 bridgehead atoms. The van der Waals surface area contributed by atoms with E-state index in [1.165, 1.54) is 12.1 Å². The fourth-order valence-electron chi connectivity index (χ4n) is 1.92. The third-order valence-corrected chi connectivity index (χ3v) is 2.97. The molecule has 0 unspecified atom stereocenters. The van der Waals surface area contributed by atoms with Crippen LogP contribution in [0.25, 0.3) is 0 Å². The fraction of sp³-hybridized carbons (Fsp3) is 0.133. The zero-order valence-corrected chi connectivity index (χ0v) is 10.6. The van der Waals surface area contributed by atoms with Gasteiger partial charge in [-0.3, -0.25) is 14.9 Å². The molecule has 2 aromatic rings. The van der Waals surface area contributed by atoms with Crippen molar-refractivity contribution in [3.63, 3.8) is 0 Å². The number of Topliss-reactive ketones (excluding diaryl/α,β-unsaturated/α-hetero) is 1. The monoisotopic (exact) mass is 273 g/mol. The molecule has 2 rings (SSSR count). The molecule has 20 heavy (non-hydrogen) atoms. The minimum atomic E-state index is -0.863. The molecule has 5 heteroatoms. The highest BCUT2D eigenvalue weighted by Crippen LogP contribution is 2.21. The summed E-state index contributed by atoms with van der Waals surface area (Å²) in [5, 5.41) is 10.6. The Balaban J connectivity index is 2.10. The van der Waals surface area contributed by atoms with Gasteiger partial charge in [-0.2, -0.15) is 4.39 Å². The summed E-state index contributed by atoms with van der Waals surface area (Å²) in [6, 6.07) is 12.7. The zero-order valence-electron chi connectivity index (χ0n) is 10.6. The molecule has 102 valence electrons. The van der Waals surface area contributed by atoms with Gasteiger partial charge in [-0.15, -0.1) is 0 Å². The first-order valence-corrected chi connectivity index (χ1v) is 6.09. The Morgan fingerprint density at radius 1 is 1.10 bits per heavy atom. The van der Waals surface area contributed by atoms with Crippen LogP contribution in [0.1, 0.15) is 22.3 Å². The van der Waals surface area contributed by atoms with Gasteiger partial charge in [-0.25, -0.2) is 0 Å². The number of hydrogen-bond acceptors (Lipinski definition) is 3. The predicted molar refractivity (Wildman–Crippen MR) is 72.1 cm³/mol. The van der Waals surface area contributed by atoms with Gasteiger partial charge in [0, 0.05) is 18.1 Å². The number of nitrogens with zero attached hydrogens (tertiary/aromatic N) is 1. The van der Waals surface area contributed by atoms with Gasteiger partial charge >= 0.3 is 5.69 Å². The molecule has 0 amide bonds. The van der Waals surface area contributed by atoms with Crippen molar-refractivity contribution in [1.82, 2.24) is 0 Å². The van der Waals surface area contributed by atoms with E-state index in [9.17, 15) is 19.3 Å². The van der Waals surface area contributed by atoms with E-state index in [1.807, 2.05) is 0 Å². The largest absolute Gasteiger partial charge is 0.305 e. The maximum Gasteiger partial charge on any atom is 0.305 e. The van der Waals surface area contributed by atoms with Crippen LogP contribution in [0.5, 0.6) is 0 Å². The SMILES string of the molecule is O=C(CCc1cccc([N+](=O)[O-])c1F)c1ccccc1. The van der Waals surface area contributed by atoms with Crippen molar-refractivity contribution in [1.29, 1.82) is 0 Å². The van der Waals surface area contributed by atoms with Crippen molar-refractivity contribution in [3.05, 3.63) is 75.6 Å². The van der Waals surface area contributed by atoms with E-state index in [0.29, 0.717) is 5.56 Å². The van der Waals surface area contributed by atoms with Crippen LogP contribution in [-0.2, 0) is 6.42 Å². The highest BCUT2D eigenvalue weighted by atomic mass is 19.1. The van der Waals surface area contributed by atoms with Crippen LogP contribution in [0.3, 0.4) is 0 Å². The normalized spacial score (nSPS) is 10.2. The van der Waals surface area contributed by atoms with Gasteiger partial charge in [0.1, 0.15) is 0 Å². The molecule has 0 radical (unpaired) electrons. The second kappa shape index (κ2) is 6.06. The lowest BCUT2D eigenvalue weighted by molar-refractivity contribution is -0.387. The average molecular weight is 273 g/mol. The Kier molecular flexibility index (Phi) is 4.20. The van der Waals surface area contributed by atoms with Crippen LogP contribution in [0.4, 0.5) is 10.1 Å². The first-order chi connectivity index (χ1) is 9.59. The Bertz CT molecular complexity index is 641. The molecule has 0 aliphatic rings. The van der Waals surface area contributed by atoms with Crippen LogP contribution < -0.4 is 0 Å². The number of halogens is 1. The number of nitro groups is 1. The van der Waals surface area contributed by atoms with E-state index in [-0.39, 0.29) is 24.2 Å². The molecule has 0 atom stereocenters. The third-order valence-electron chi connectivity index (χ3n) is 2.97. The van der Waals surface area contributed by atoms with Gasteiger partial charge in [-0.05, 0) is 12.0 Å². The summed E-state index contributed by atoms with van der Waals surface area (Å²) >= 11 is 0. The van der Waals surface area contributed by atoms with Crippen LogP contribution in [-0.4, -0.2) is 10.7 Å². The van der Waals surface area contributed by atoms with Crippen molar-refractivity contribution in [3.8, 4) is 0 Å². The van der Waals surface area contributed by atoms with E-state index in [1.54, 1.807) is 30.3 Å². The molecular weight excluding hydrogens is 261 g/mol. The number of hydrogen-bond donors (Lipinski definition) is 0. The van der Waals surface area contributed by atoms with Crippen LogP contribution in [0, 0.1) is 15.9 Å². The molecule has 0 N–H and O–H groups in total. The molecule has 0 spiro atoms. The van der Waals surface area contributed by atoms with Crippen LogP contribution in [0.15, 0.2) is 48.5 Å². The summed E-state index contributed by atoms with van der Waals surface area (Å²) < 4.78 is 13.8. The summed E-state index contributed by atoms with van der Waals surface area (Å²) in [7, 11) is 0. The summed E-state index contributed by atoms with van der Waals surface area (Å²) in [5.41, 5.74) is 0.177. The molecule has 4 nitrogen and oxygen atoms in total. The van der Waals surface area contributed by atoms with E-state index in [2.05, 4.69) is 0 Å². The summed E-state index contributed by atoms with van der Waals surface area (Å²) in [6.07, 6.45) is 0.253. The van der Waals surface area contributed by atoms with Crippen molar-refractivity contribution in [2.24, 2.45) is 0 Å². The second-order valence-electron chi connectivity index (χ2n) is 4.30. The van der Waals surface area contributed by atoms with Crippen molar-refractivity contribution >= 4 is 11.5 Å². The summed E-state index contributed by atoms with van der Waals surface area (Å²) in [4.78, 5) is 21.8. The number of carbonyl (C=O) groups is 1. The first-order valence-electron chi connectivity index (χ1n) is 6.09. The first kappa shape index (κ1) is 13.9. The van der Waals surface area contributed by atoms with E-state index < -0.39 is 16.4 Å². The lowest BCUT2D eigenvalue weighted by atomic mass is 10.0. The third kappa shape index (κ3) is 3.06. The van der Waals surface area contributed by atoms with Gasteiger partial charge in [0.25, 0.3) is 0 Å². The zero-order chi connectivity index (χ0) is 14.5. The highest BCUT2D eigenvalue weighted by Gasteiger charge is 2.17. The molecule has 2 aromatic carbocycles. The van der Waals surface area contributed by atoms with Gasteiger partial charge in [0.05, 0.1) is 4.92 Å².